The number of benzene rings is 1. The Labute approximate surface area is 151 Å². The number of alkyl halides is 8. The van der Waals surface area contributed by atoms with E-state index in [9.17, 15) is 39.9 Å². The van der Waals surface area contributed by atoms with Crippen molar-refractivity contribution < 1.29 is 35.1 Å². The first-order chi connectivity index (χ1) is 12.6. The highest BCUT2D eigenvalue weighted by Crippen LogP contribution is 2.42. The molecule has 3 rings (SSSR count). The number of nitrogens with one attached hydrogen (secondary N) is 1. The SMILES string of the molecule is Cc1c(C)n(CC(F)(F)C(F)(F)F)c2ccc3[nH]c(=O)cc(C(F)(F)F)c3c12. The smallest absolute Gasteiger partial charge is 0.338 e. The lowest BCUT2D eigenvalue weighted by Gasteiger charge is -2.21. The summed E-state index contributed by atoms with van der Waals surface area (Å²) in [6.07, 6.45) is -10.7. The van der Waals surface area contributed by atoms with Gasteiger partial charge in [-0.15, -0.1) is 0 Å². The fourth-order valence-corrected chi connectivity index (χ4v) is 3.23. The predicted molar refractivity (Wildman–Crippen MR) is 85.5 cm³/mol. The van der Waals surface area contributed by atoms with Crippen LogP contribution in [-0.2, 0) is 12.7 Å². The number of halogens is 8. The molecule has 2 heterocycles. The third-order valence-electron chi connectivity index (χ3n) is 4.68. The molecule has 0 radical (unpaired) electrons. The van der Waals surface area contributed by atoms with Crippen LogP contribution in [0.1, 0.15) is 16.8 Å². The monoisotopic (exact) mass is 412 g/mol. The van der Waals surface area contributed by atoms with Crippen LogP contribution in [0.2, 0.25) is 0 Å². The van der Waals surface area contributed by atoms with E-state index in [1.165, 1.54) is 13.8 Å². The lowest BCUT2D eigenvalue weighted by molar-refractivity contribution is -0.286. The molecule has 0 aliphatic rings. The molecule has 0 amide bonds. The van der Waals surface area contributed by atoms with Crippen molar-refractivity contribution in [2.75, 3.05) is 0 Å². The van der Waals surface area contributed by atoms with Crippen LogP contribution in [-0.4, -0.2) is 21.6 Å². The molecule has 0 unspecified atom stereocenters. The average Bonchev–Trinajstić information content (AvgIpc) is 2.76. The molecule has 0 atom stereocenters. The van der Waals surface area contributed by atoms with Crippen LogP contribution < -0.4 is 5.56 Å². The van der Waals surface area contributed by atoms with Crippen molar-refractivity contribution >= 4 is 21.8 Å². The van der Waals surface area contributed by atoms with Gasteiger partial charge in [-0.2, -0.15) is 35.1 Å². The number of aromatic nitrogens is 2. The molecule has 2 aromatic heterocycles. The summed E-state index contributed by atoms with van der Waals surface area (Å²) in [6, 6.07) is 2.49. The summed E-state index contributed by atoms with van der Waals surface area (Å²) < 4.78 is 106. The minimum absolute atomic E-state index is 0.0363. The Balaban J connectivity index is 2.42. The van der Waals surface area contributed by atoms with E-state index in [-0.39, 0.29) is 27.7 Å². The molecule has 1 aromatic carbocycles. The fourth-order valence-electron chi connectivity index (χ4n) is 3.23. The van der Waals surface area contributed by atoms with Crippen LogP contribution in [0.5, 0.6) is 0 Å². The van der Waals surface area contributed by atoms with Crippen LogP contribution >= 0.6 is 0 Å². The highest BCUT2D eigenvalue weighted by molar-refractivity contribution is 6.09. The van der Waals surface area contributed by atoms with Crippen molar-refractivity contribution in [1.82, 2.24) is 9.55 Å². The molecule has 28 heavy (non-hydrogen) atoms. The average molecular weight is 412 g/mol. The van der Waals surface area contributed by atoms with Crippen LogP contribution in [0.3, 0.4) is 0 Å². The summed E-state index contributed by atoms with van der Waals surface area (Å²) in [6.45, 7) is 0.792. The normalized spacial score (nSPS) is 13.6. The van der Waals surface area contributed by atoms with Gasteiger partial charge in [-0.1, -0.05) is 0 Å². The summed E-state index contributed by atoms with van der Waals surface area (Å²) in [4.78, 5) is 13.8. The zero-order chi connectivity index (χ0) is 21.2. The molecule has 0 saturated carbocycles. The number of nitrogens with zero attached hydrogens (tertiary/aromatic N) is 1. The maximum atomic E-state index is 13.6. The highest BCUT2D eigenvalue weighted by Gasteiger charge is 2.57. The van der Waals surface area contributed by atoms with Crippen LogP contribution in [0, 0.1) is 13.8 Å². The van der Waals surface area contributed by atoms with Crippen molar-refractivity contribution in [2.24, 2.45) is 0 Å². The molecule has 0 bridgehead atoms. The number of rotatable bonds is 2. The van der Waals surface area contributed by atoms with Gasteiger partial charge >= 0.3 is 18.3 Å². The van der Waals surface area contributed by atoms with E-state index in [4.69, 9.17) is 0 Å². The quantitative estimate of drug-likeness (QED) is 0.569. The summed E-state index contributed by atoms with van der Waals surface area (Å²) >= 11 is 0. The minimum atomic E-state index is -5.82. The van der Waals surface area contributed by atoms with Gasteiger partial charge in [-0.25, -0.2) is 0 Å². The maximum Gasteiger partial charge on any atom is 0.455 e. The standard InChI is InChI=1S/C17H12F8N2O/c1-7-8(2)27(6-15(18,19)17(23,24)25)11-4-3-10-14(13(7)11)9(16(20,21)22)5-12(28)26-10/h3-5H,6H2,1-2H3,(H,26,28). The molecule has 3 aromatic rings. The molecular weight excluding hydrogens is 400 g/mol. The van der Waals surface area contributed by atoms with Gasteiger partial charge in [0.05, 0.1) is 12.1 Å². The Morgan fingerprint density at radius 3 is 2.11 bits per heavy atom. The molecule has 0 fully saturated rings. The zero-order valence-electron chi connectivity index (χ0n) is 14.3. The third kappa shape index (κ3) is 3.02. The lowest BCUT2D eigenvalue weighted by Crippen LogP contribution is -2.40. The number of fused-ring (bicyclic) bond motifs is 3. The topological polar surface area (TPSA) is 37.8 Å². The highest BCUT2D eigenvalue weighted by atomic mass is 19.4. The van der Waals surface area contributed by atoms with Gasteiger partial charge in [0.1, 0.15) is 0 Å². The Morgan fingerprint density at radius 1 is 0.964 bits per heavy atom. The van der Waals surface area contributed by atoms with Crippen LogP contribution in [0.25, 0.3) is 21.8 Å². The summed E-state index contributed by atoms with van der Waals surface area (Å²) in [5.74, 6) is -5.08. The third-order valence-corrected chi connectivity index (χ3v) is 4.68. The number of aryl methyl sites for hydroxylation is 1. The van der Waals surface area contributed by atoms with Crippen molar-refractivity contribution in [3.8, 4) is 0 Å². The molecule has 3 nitrogen and oxygen atoms in total. The molecule has 0 saturated heterocycles. The molecule has 0 aliphatic carbocycles. The Hall–Kier alpha value is -2.59. The minimum Gasteiger partial charge on any atom is -0.338 e. The Morgan fingerprint density at radius 2 is 1.57 bits per heavy atom. The Kier molecular flexibility index (Phi) is 4.28. The Bertz CT molecular complexity index is 1130. The first kappa shape index (κ1) is 20.2. The van der Waals surface area contributed by atoms with Crippen LogP contribution in [0.15, 0.2) is 23.0 Å². The van der Waals surface area contributed by atoms with Crippen molar-refractivity contribution in [1.29, 1.82) is 0 Å². The number of hydrogen-bond acceptors (Lipinski definition) is 1. The first-order valence-corrected chi connectivity index (χ1v) is 7.82. The van der Waals surface area contributed by atoms with Gasteiger partial charge in [0.15, 0.2) is 0 Å². The van der Waals surface area contributed by atoms with E-state index in [1.54, 1.807) is 0 Å². The van der Waals surface area contributed by atoms with Gasteiger partial charge in [-0.3, -0.25) is 4.79 Å². The number of H-pyrrole nitrogens is 1. The summed E-state index contributed by atoms with van der Waals surface area (Å²) in [7, 11) is 0. The number of pyridine rings is 1. The second-order valence-electron chi connectivity index (χ2n) is 6.43. The molecule has 0 spiro atoms. The van der Waals surface area contributed by atoms with Gasteiger partial charge < -0.3 is 9.55 Å². The summed E-state index contributed by atoms with van der Waals surface area (Å²) in [5.41, 5.74) is -2.66. The van der Waals surface area contributed by atoms with Gasteiger partial charge in [-0.05, 0) is 31.5 Å². The van der Waals surface area contributed by atoms with Crippen molar-refractivity contribution in [3.05, 3.63) is 45.4 Å². The van der Waals surface area contributed by atoms with Crippen molar-refractivity contribution in [2.45, 2.75) is 38.7 Å². The molecule has 11 heteroatoms. The lowest BCUT2D eigenvalue weighted by atomic mass is 10.0. The number of aromatic amines is 1. The molecule has 0 aliphatic heterocycles. The predicted octanol–water partition coefficient (Wildman–Crippen LogP) is 5.32. The van der Waals surface area contributed by atoms with E-state index >= 15 is 0 Å². The largest absolute Gasteiger partial charge is 0.455 e. The van der Waals surface area contributed by atoms with E-state index in [2.05, 4.69) is 4.98 Å². The van der Waals surface area contributed by atoms with E-state index < -0.39 is 41.3 Å². The van der Waals surface area contributed by atoms with Gasteiger partial charge in [0.25, 0.3) is 0 Å². The first-order valence-electron chi connectivity index (χ1n) is 7.82. The van der Waals surface area contributed by atoms with E-state index in [1.807, 2.05) is 0 Å². The maximum absolute atomic E-state index is 13.6. The summed E-state index contributed by atoms with van der Waals surface area (Å²) in [5, 5.41) is -0.601. The van der Waals surface area contributed by atoms with Crippen LogP contribution in [0.4, 0.5) is 35.1 Å². The zero-order valence-corrected chi connectivity index (χ0v) is 14.3. The molecular formula is C17H12F8N2O. The van der Waals surface area contributed by atoms with Gasteiger partial charge in [0, 0.05) is 33.6 Å². The number of hydrogen-bond donors (Lipinski definition) is 1. The van der Waals surface area contributed by atoms with E-state index in [0.29, 0.717) is 10.6 Å². The molecule has 1 N–H and O–H groups in total. The van der Waals surface area contributed by atoms with Crippen molar-refractivity contribution in [3.63, 3.8) is 0 Å². The molecule has 152 valence electrons. The second kappa shape index (κ2) is 5.95. The van der Waals surface area contributed by atoms with E-state index in [0.717, 1.165) is 12.1 Å². The second-order valence-corrected chi connectivity index (χ2v) is 6.43. The van der Waals surface area contributed by atoms with Gasteiger partial charge in [0.2, 0.25) is 5.56 Å². The fraction of sp³-hybridized carbons (Fsp3) is 0.353.